The zero-order chi connectivity index (χ0) is 29.7. The minimum Gasteiger partial charge on any atom is -0.495 e. The fraction of sp³-hybridized carbons (Fsp3) is 0.500. The monoisotopic (exact) mass is 574 g/mol. The highest BCUT2D eigenvalue weighted by molar-refractivity contribution is 5.49. The largest absolute Gasteiger partial charge is 0.495 e. The summed E-state index contributed by atoms with van der Waals surface area (Å²) >= 11 is 0. The van der Waals surface area contributed by atoms with E-state index < -0.39 is 0 Å². The third-order valence-electron chi connectivity index (χ3n) is 8.10. The van der Waals surface area contributed by atoms with Crippen LogP contribution < -0.4 is 9.47 Å². The van der Waals surface area contributed by atoms with Crippen LogP contribution in [0.1, 0.15) is 51.3 Å². The van der Waals surface area contributed by atoms with Crippen LogP contribution in [0.25, 0.3) is 0 Å². The van der Waals surface area contributed by atoms with Crippen LogP contribution in [0.3, 0.4) is 0 Å². The van der Waals surface area contributed by atoms with E-state index in [2.05, 4.69) is 76.7 Å². The molecule has 3 unspecified atom stereocenters. The lowest BCUT2D eigenvalue weighted by Gasteiger charge is -2.32. The van der Waals surface area contributed by atoms with Gasteiger partial charge in [-0.1, -0.05) is 88.9 Å². The lowest BCUT2D eigenvalue weighted by molar-refractivity contribution is 0.177. The van der Waals surface area contributed by atoms with Gasteiger partial charge in [0.15, 0.2) is 0 Å². The number of para-hydroxylation sites is 2. The predicted molar refractivity (Wildman–Crippen MR) is 165 cm³/mol. The molecule has 0 N–H and O–H groups in total. The Morgan fingerprint density at radius 1 is 0.833 bits per heavy atom. The van der Waals surface area contributed by atoms with E-state index in [0.717, 1.165) is 55.5 Å². The molecule has 0 bridgehead atoms. The quantitative estimate of drug-likeness (QED) is 0.118. The minimum atomic E-state index is -0.240. The van der Waals surface area contributed by atoms with Crippen LogP contribution in [-0.4, -0.2) is 58.0 Å². The van der Waals surface area contributed by atoms with Gasteiger partial charge in [-0.25, -0.2) is 0 Å². The van der Waals surface area contributed by atoms with E-state index >= 15 is 0 Å². The van der Waals surface area contributed by atoms with Crippen molar-refractivity contribution in [2.75, 3.05) is 39.6 Å². The fourth-order valence-electron chi connectivity index (χ4n) is 5.49. The van der Waals surface area contributed by atoms with Crippen molar-refractivity contribution >= 4 is 0 Å². The number of epoxide rings is 3. The molecular weight excluding hydrogens is 528 g/mol. The Labute approximate surface area is 251 Å². The molecule has 3 atom stereocenters. The van der Waals surface area contributed by atoms with Crippen molar-refractivity contribution in [1.29, 1.82) is 0 Å². The van der Waals surface area contributed by atoms with Crippen LogP contribution in [0.15, 0.2) is 78.6 Å². The van der Waals surface area contributed by atoms with E-state index in [-0.39, 0.29) is 29.1 Å². The first-order valence-electron chi connectivity index (χ1n) is 15.1. The van der Waals surface area contributed by atoms with Gasteiger partial charge in [-0.2, -0.15) is 0 Å². The second-order valence-electron chi connectivity index (χ2n) is 12.9. The Kier molecular flexibility index (Phi) is 9.46. The number of ether oxygens (including phenoxy) is 6. The van der Waals surface area contributed by atoms with Gasteiger partial charge in [0.1, 0.15) is 49.6 Å². The van der Waals surface area contributed by atoms with Crippen molar-refractivity contribution < 1.29 is 28.4 Å². The number of allylic oxidation sites excluding steroid dienone is 5. The summed E-state index contributed by atoms with van der Waals surface area (Å²) in [6, 6.07) is 14.9. The summed E-state index contributed by atoms with van der Waals surface area (Å²) in [6.45, 7) is 19.0. The highest BCUT2D eigenvalue weighted by atomic mass is 16.6. The summed E-state index contributed by atoms with van der Waals surface area (Å²) < 4.78 is 35.2. The molecule has 0 amide bonds. The van der Waals surface area contributed by atoms with Crippen LogP contribution in [0.2, 0.25) is 0 Å². The summed E-state index contributed by atoms with van der Waals surface area (Å²) in [5.74, 6) is 2.78. The van der Waals surface area contributed by atoms with Crippen molar-refractivity contribution in [2.24, 2.45) is 5.41 Å². The molecule has 0 spiro atoms. The fourth-order valence-corrected chi connectivity index (χ4v) is 5.49. The normalized spacial score (nSPS) is 22.0. The number of hydrogen-bond acceptors (Lipinski definition) is 6. The molecule has 3 aliphatic heterocycles. The number of benzene rings is 2. The standard InChI is InChI=1S/C36H46O6/c1-7-8-14-31(25(2)37-19-28-20-38-28)35(3,4)18-27-13-11-15-32(34(27)42-24-30-22-40-30)36(5,6)17-26-12-9-10-16-33(26)41-23-29-21-39-29/h7-16,28-30H,1,17-24H2,2-6H3/b14-8-,31-25-. The molecule has 3 saturated heterocycles. The molecule has 3 fully saturated rings. The zero-order valence-corrected chi connectivity index (χ0v) is 25.8. The first-order chi connectivity index (χ1) is 20.2. The maximum absolute atomic E-state index is 6.62. The summed E-state index contributed by atoms with van der Waals surface area (Å²) in [5.41, 5.74) is 4.20. The van der Waals surface area contributed by atoms with Crippen molar-refractivity contribution in [2.45, 2.75) is 71.2 Å². The molecule has 5 rings (SSSR count). The molecule has 2 aromatic rings. The first kappa shape index (κ1) is 30.4. The summed E-state index contributed by atoms with van der Waals surface area (Å²) in [4.78, 5) is 0. The lowest BCUT2D eigenvalue weighted by atomic mass is 9.74. The minimum absolute atomic E-state index is 0.159. The van der Waals surface area contributed by atoms with Gasteiger partial charge in [-0.3, -0.25) is 0 Å². The number of rotatable bonds is 17. The molecular formula is C36H46O6. The summed E-state index contributed by atoms with van der Waals surface area (Å²) in [7, 11) is 0. The van der Waals surface area contributed by atoms with Crippen molar-refractivity contribution in [3.63, 3.8) is 0 Å². The first-order valence-corrected chi connectivity index (χ1v) is 15.1. The van der Waals surface area contributed by atoms with Gasteiger partial charge in [-0.15, -0.1) is 0 Å². The lowest BCUT2D eigenvalue weighted by Crippen LogP contribution is -2.25. The molecule has 226 valence electrons. The molecule has 3 heterocycles. The summed E-state index contributed by atoms with van der Waals surface area (Å²) in [5, 5.41) is 0. The molecule has 0 saturated carbocycles. The molecule has 0 aromatic heterocycles. The van der Waals surface area contributed by atoms with E-state index in [1.165, 1.54) is 16.7 Å². The van der Waals surface area contributed by atoms with Gasteiger partial charge in [0.2, 0.25) is 0 Å². The van der Waals surface area contributed by atoms with E-state index in [1.54, 1.807) is 6.08 Å². The molecule has 42 heavy (non-hydrogen) atoms. The average Bonchev–Trinajstić information content (AvgIpc) is 3.80. The SMILES string of the molecule is C=C/C=C\C(=C(/C)OCC1CO1)C(C)(C)Cc1cccc(C(C)(C)Cc2ccccc2OCC2CO2)c1OCC1CO1. The molecule has 6 nitrogen and oxygen atoms in total. The number of hydrogen-bond donors (Lipinski definition) is 0. The van der Waals surface area contributed by atoms with E-state index in [0.29, 0.717) is 19.8 Å². The van der Waals surface area contributed by atoms with Crippen LogP contribution in [-0.2, 0) is 37.2 Å². The van der Waals surface area contributed by atoms with Crippen LogP contribution >= 0.6 is 0 Å². The van der Waals surface area contributed by atoms with Crippen LogP contribution in [0.5, 0.6) is 11.5 Å². The Bertz CT molecular complexity index is 1290. The van der Waals surface area contributed by atoms with E-state index in [4.69, 9.17) is 28.4 Å². The van der Waals surface area contributed by atoms with Crippen LogP contribution in [0.4, 0.5) is 0 Å². The predicted octanol–water partition coefficient (Wildman–Crippen LogP) is 6.76. The Morgan fingerprint density at radius 3 is 2.12 bits per heavy atom. The highest BCUT2D eigenvalue weighted by Crippen LogP contribution is 2.43. The van der Waals surface area contributed by atoms with E-state index in [1.807, 2.05) is 19.1 Å². The molecule has 0 aliphatic carbocycles. The zero-order valence-electron chi connectivity index (χ0n) is 25.8. The third kappa shape index (κ3) is 8.27. The highest BCUT2D eigenvalue weighted by Gasteiger charge is 2.33. The van der Waals surface area contributed by atoms with Crippen LogP contribution in [0, 0.1) is 5.41 Å². The second kappa shape index (κ2) is 13.1. The van der Waals surface area contributed by atoms with Gasteiger partial charge < -0.3 is 28.4 Å². The average molecular weight is 575 g/mol. The van der Waals surface area contributed by atoms with Gasteiger partial charge in [0.25, 0.3) is 0 Å². The van der Waals surface area contributed by atoms with E-state index in [9.17, 15) is 0 Å². The Morgan fingerprint density at radius 2 is 1.45 bits per heavy atom. The van der Waals surface area contributed by atoms with Crippen molar-refractivity contribution in [3.8, 4) is 11.5 Å². The second-order valence-corrected chi connectivity index (χ2v) is 12.9. The smallest absolute Gasteiger partial charge is 0.126 e. The maximum atomic E-state index is 6.62. The van der Waals surface area contributed by atoms with Gasteiger partial charge in [-0.05, 0) is 53.4 Å². The molecule has 0 radical (unpaired) electrons. The Balaban J connectivity index is 1.44. The maximum Gasteiger partial charge on any atom is 0.126 e. The Hall–Kier alpha value is -3.06. The van der Waals surface area contributed by atoms with Gasteiger partial charge in [0, 0.05) is 5.56 Å². The van der Waals surface area contributed by atoms with Gasteiger partial charge >= 0.3 is 0 Å². The molecule has 2 aromatic carbocycles. The molecule has 6 heteroatoms. The molecule has 3 aliphatic rings. The van der Waals surface area contributed by atoms with Crippen molar-refractivity contribution in [3.05, 3.63) is 95.3 Å². The third-order valence-corrected chi connectivity index (χ3v) is 8.10. The van der Waals surface area contributed by atoms with Crippen molar-refractivity contribution in [1.82, 2.24) is 0 Å². The summed E-state index contributed by atoms with van der Waals surface area (Å²) in [6.07, 6.45) is 8.06. The van der Waals surface area contributed by atoms with Gasteiger partial charge in [0.05, 0.1) is 25.6 Å². The topological polar surface area (TPSA) is 65.3 Å².